The number of nitrogens with one attached hydrogen (secondary N) is 1. The lowest BCUT2D eigenvalue weighted by Gasteiger charge is -2.27. The lowest BCUT2D eigenvalue weighted by Crippen LogP contribution is -2.47. The lowest BCUT2D eigenvalue weighted by atomic mass is 10.0. The smallest absolute Gasteiger partial charge is 0.247 e. The standard InChI is InChI=1S/C22H23ClN2O3/c23-17-6-1-4-15(12-17)16-5-2-7-18(13-16)24-20(27)19-8-3-11-25(19)21(28)22(14-26)9-10-22/h1-2,4-7,12-13,19,26H,3,8-11,14H2,(H,24,27). The van der Waals surface area contributed by atoms with Gasteiger partial charge in [0.25, 0.3) is 0 Å². The highest BCUT2D eigenvalue weighted by atomic mass is 35.5. The van der Waals surface area contributed by atoms with Gasteiger partial charge in [-0.25, -0.2) is 0 Å². The molecule has 2 N–H and O–H groups in total. The summed E-state index contributed by atoms with van der Waals surface area (Å²) >= 11 is 6.08. The van der Waals surface area contributed by atoms with Gasteiger partial charge in [0.15, 0.2) is 0 Å². The molecule has 1 atom stereocenters. The van der Waals surface area contributed by atoms with E-state index in [9.17, 15) is 14.7 Å². The number of nitrogens with zero attached hydrogens (tertiary/aromatic N) is 1. The predicted molar refractivity (Wildman–Crippen MR) is 109 cm³/mol. The average Bonchev–Trinajstić information content (AvgIpc) is 3.35. The molecule has 2 aromatic rings. The van der Waals surface area contributed by atoms with Crippen molar-refractivity contribution in [3.8, 4) is 11.1 Å². The molecule has 0 spiro atoms. The molecule has 146 valence electrons. The Morgan fingerprint density at radius 1 is 1.14 bits per heavy atom. The normalized spacial score (nSPS) is 20.1. The van der Waals surface area contributed by atoms with Crippen LogP contribution in [0.15, 0.2) is 48.5 Å². The Morgan fingerprint density at radius 3 is 2.54 bits per heavy atom. The van der Waals surface area contributed by atoms with E-state index >= 15 is 0 Å². The Balaban J connectivity index is 1.49. The third-order valence-electron chi connectivity index (χ3n) is 5.71. The molecule has 28 heavy (non-hydrogen) atoms. The molecule has 6 heteroatoms. The minimum absolute atomic E-state index is 0.0830. The van der Waals surface area contributed by atoms with Crippen molar-refractivity contribution >= 4 is 29.1 Å². The summed E-state index contributed by atoms with van der Waals surface area (Å²) in [6, 6.07) is 14.7. The molecule has 4 rings (SSSR count). The van der Waals surface area contributed by atoms with E-state index in [4.69, 9.17) is 11.6 Å². The molecule has 2 amide bonds. The van der Waals surface area contributed by atoms with Crippen LogP contribution in [-0.4, -0.2) is 41.0 Å². The average molecular weight is 399 g/mol. The number of hydrogen-bond acceptors (Lipinski definition) is 3. The predicted octanol–water partition coefficient (Wildman–Crippen LogP) is 3.71. The largest absolute Gasteiger partial charge is 0.395 e. The Morgan fingerprint density at radius 2 is 1.86 bits per heavy atom. The van der Waals surface area contributed by atoms with Gasteiger partial charge in [-0.1, -0.05) is 35.9 Å². The molecule has 1 saturated carbocycles. The maximum atomic E-state index is 12.9. The summed E-state index contributed by atoms with van der Waals surface area (Å²) in [7, 11) is 0. The van der Waals surface area contributed by atoms with E-state index in [0.717, 1.165) is 17.5 Å². The van der Waals surface area contributed by atoms with Crippen molar-refractivity contribution in [2.75, 3.05) is 18.5 Å². The molecular weight excluding hydrogens is 376 g/mol. The molecule has 2 fully saturated rings. The number of aliphatic hydroxyl groups excluding tert-OH is 1. The van der Waals surface area contributed by atoms with E-state index in [1.165, 1.54) is 0 Å². The zero-order valence-corrected chi connectivity index (χ0v) is 16.3. The molecular formula is C22H23ClN2O3. The molecule has 0 aromatic heterocycles. The number of rotatable bonds is 5. The van der Waals surface area contributed by atoms with E-state index in [1.54, 1.807) is 4.90 Å². The molecule has 0 radical (unpaired) electrons. The van der Waals surface area contributed by atoms with Crippen LogP contribution in [0.5, 0.6) is 0 Å². The second-order valence-electron chi connectivity index (χ2n) is 7.68. The van der Waals surface area contributed by atoms with E-state index in [-0.39, 0.29) is 18.4 Å². The van der Waals surface area contributed by atoms with Crippen molar-refractivity contribution in [1.29, 1.82) is 0 Å². The molecule has 0 bridgehead atoms. The fraction of sp³-hybridized carbons (Fsp3) is 0.364. The molecule has 1 heterocycles. The second kappa shape index (κ2) is 7.57. The third kappa shape index (κ3) is 3.64. The van der Waals surface area contributed by atoms with Crippen LogP contribution in [0.1, 0.15) is 25.7 Å². The first-order valence-corrected chi connectivity index (χ1v) is 9.99. The number of amides is 2. The summed E-state index contributed by atoms with van der Waals surface area (Å²) in [6.07, 6.45) is 2.85. The number of benzene rings is 2. The fourth-order valence-corrected chi connectivity index (χ4v) is 4.04. The number of carbonyl (C=O) groups is 2. The molecule has 1 aliphatic carbocycles. The molecule has 5 nitrogen and oxygen atoms in total. The minimum atomic E-state index is -0.643. The third-order valence-corrected chi connectivity index (χ3v) is 5.95. The van der Waals surface area contributed by atoms with Crippen LogP contribution >= 0.6 is 11.6 Å². The topological polar surface area (TPSA) is 69.6 Å². The van der Waals surface area contributed by atoms with Crippen molar-refractivity contribution in [3.63, 3.8) is 0 Å². The van der Waals surface area contributed by atoms with Crippen molar-refractivity contribution in [2.24, 2.45) is 5.41 Å². The lowest BCUT2D eigenvalue weighted by molar-refractivity contribution is -0.142. The zero-order valence-electron chi connectivity index (χ0n) is 15.5. The van der Waals surface area contributed by atoms with Gasteiger partial charge >= 0.3 is 0 Å². The van der Waals surface area contributed by atoms with Gasteiger partial charge in [-0.2, -0.15) is 0 Å². The van der Waals surface area contributed by atoms with Gasteiger partial charge < -0.3 is 15.3 Å². The molecule has 1 aliphatic heterocycles. The molecule has 1 unspecified atom stereocenters. The van der Waals surface area contributed by atoms with E-state index in [1.807, 2.05) is 48.5 Å². The van der Waals surface area contributed by atoms with E-state index < -0.39 is 11.5 Å². The Hall–Kier alpha value is -2.37. The summed E-state index contributed by atoms with van der Waals surface area (Å²) in [4.78, 5) is 27.3. The molecule has 1 saturated heterocycles. The van der Waals surface area contributed by atoms with Gasteiger partial charge in [0, 0.05) is 17.3 Å². The number of anilines is 1. The van der Waals surface area contributed by atoms with Crippen LogP contribution in [0.25, 0.3) is 11.1 Å². The maximum Gasteiger partial charge on any atom is 0.247 e. The summed E-state index contributed by atoms with van der Waals surface area (Å²) < 4.78 is 0. The van der Waals surface area contributed by atoms with Crippen molar-refractivity contribution < 1.29 is 14.7 Å². The second-order valence-corrected chi connectivity index (χ2v) is 8.11. The first-order valence-electron chi connectivity index (χ1n) is 9.61. The van der Waals surface area contributed by atoms with Crippen LogP contribution in [0, 0.1) is 5.41 Å². The van der Waals surface area contributed by atoms with Crippen LogP contribution in [0.4, 0.5) is 5.69 Å². The van der Waals surface area contributed by atoms with Crippen molar-refractivity contribution in [1.82, 2.24) is 4.90 Å². The maximum absolute atomic E-state index is 12.9. The molecule has 2 aromatic carbocycles. The number of likely N-dealkylation sites (tertiary alicyclic amines) is 1. The summed E-state index contributed by atoms with van der Waals surface area (Å²) in [6.45, 7) is 0.430. The van der Waals surface area contributed by atoms with Gasteiger partial charge in [0.2, 0.25) is 11.8 Å². The zero-order chi connectivity index (χ0) is 19.7. The van der Waals surface area contributed by atoms with Crippen LogP contribution in [-0.2, 0) is 9.59 Å². The van der Waals surface area contributed by atoms with Gasteiger partial charge in [-0.3, -0.25) is 9.59 Å². The SMILES string of the molecule is O=C(Nc1cccc(-c2cccc(Cl)c2)c1)C1CCCN1C(=O)C1(CO)CC1. The van der Waals surface area contributed by atoms with Gasteiger partial charge in [0.1, 0.15) is 6.04 Å². The number of hydrogen-bond donors (Lipinski definition) is 2. The highest BCUT2D eigenvalue weighted by Crippen LogP contribution is 2.47. The monoisotopic (exact) mass is 398 g/mol. The number of halogens is 1. The Kier molecular flexibility index (Phi) is 5.13. The summed E-state index contributed by atoms with van der Waals surface area (Å²) in [5, 5.41) is 13.2. The first kappa shape index (κ1) is 19.0. The van der Waals surface area contributed by atoms with E-state index in [0.29, 0.717) is 36.5 Å². The van der Waals surface area contributed by atoms with Gasteiger partial charge in [-0.15, -0.1) is 0 Å². The van der Waals surface area contributed by atoms with Gasteiger partial charge in [-0.05, 0) is 61.1 Å². The number of carbonyl (C=O) groups excluding carboxylic acids is 2. The number of aliphatic hydroxyl groups is 1. The van der Waals surface area contributed by atoms with Gasteiger partial charge in [0.05, 0.1) is 12.0 Å². The van der Waals surface area contributed by atoms with Crippen LogP contribution in [0.3, 0.4) is 0 Å². The molecule has 2 aliphatic rings. The van der Waals surface area contributed by atoms with E-state index in [2.05, 4.69) is 5.32 Å². The minimum Gasteiger partial charge on any atom is -0.395 e. The van der Waals surface area contributed by atoms with Crippen molar-refractivity contribution in [3.05, 3.63) is 53.6 Å². The Labute approximate surface area is 169 Å². The summed E-state index contributed by atoms with van der Waals surface area (Å²) in [5.74, 6) is -0.261. The highest BCUT2D eigenvalue weighted by Gasteiger charge is 2.53. The van der Waals surface area contributed by atoms with Crippen LogP contribution < -0.4 is 5.32 Å². The fourth-order valence-electron chi connectivity index (χ4n) is 3.85. The van der Waals surface area contributed by atoms with Crippen LogP contribution in [0.2, 0.25) is 5.02 Å². The quantitative estimate of drug-likeness (QED) is 0.806. The first-order chi connectivity index (χ1) is 13.5. The van der Waals surface area contributed by atoms with Crippen molar-refractivity contribution in [2.45, 2.75) is 31.7 Å². The summed E-state index contributed by atoms with van der Waals surface area (Å²) in [5.41, 5.74) is 1.97. The Bertz CT molecular complexity index is 910. The highest BCUT2D eigenvalue weighted by molar-refractivity contribution is 6.30.